The van der Waals surface area contributed by atoms with Crippen LogP contribution in [0, 0.1) is 5.82 Å². The van der Waals surface area contributed by atoms with Gasteiger partial charge < -0.3 is 19.9 Å². The Morgan fingerprint density at radius 2 is 1.85 bits per heavy atom. The largest absolute Gasteiger partial charge is 0.383 e. The van der Waals surface area contributed by atoms with Gasteiger partial charge in [-0.25, -0.2) is 9.18 Å². The van der Waals surface area contributed by atoms with Crippen LogP contribution in [-0.4, -0.2) is 33.4 Å². The van der Waals surface area contributed by atoms with E-state index in [-0.39, 0.29) is 55.3 Å². The number of aromatic nitrogens is 4. The monoisotopic (exact) mass is 466 g/mol. The van der Waals surface area contributed by atoms with E-state index in [2.05, 4.69) is 15.1 Å². The number of benzene rings is 2. The highest BCUT2D eigenvalue weighted by Crippen LogP contribution is 2.23. The Hall–Kier alpha value is -4.25. The molecule has 0 spiro atoms. The van der Waals surface area contributed by atoms with Crippen molar-refractivity contribution in [3.05, 3.63) is 92.7 Å². The van der Waals surface area contributed by atoms with Gasteiger partial charge in [0.2, 0.25) is 11.7 Å². The number of H-pyrrole nitrogens is 1. The highest BCUT2D eigenvalue weighted by Gasteiger charge is 2.22. The number of halogens is 1. The van der Waals surface area contributed by atoms with Crippen molar-refractivity contribution in [3.63, 3.8) is 0 Å². The van der Waals surface area contributed by atoms with Gasteiger partial charge in [-0.3, -0.25) is 14.3 Å². The van der Waals surface area contributed by atoms with Crippen LogP contribution < -0.4 is 21.9 Å². The lowest BCUT2D eigenvalue weighted by molar-refractivity contribution is 0.186. The molecule has 4 rings (SSSR count). The van der Waals surface area contributed by atoms with Crippen molar-refractivity contribution >= 4 is 11.5 Å². The summed E-state index contributed by atoms with van der Waals surface area (Å²) in [6.45, 7) is 0.724. The molecule has 176 valence electrons. The lowest BCUT2D eigenvalue weighted by Gasteiger charge is -2.25. The minimum Gasteiger partial charge on any atom is -0.383 e. The topological polar surface area (TPSA) is 132 Å². The van der Waals surface area contributed by atoms with Crippen LogP contribution in [-0.2, 0) is 24.4 Å². The normalized spacial score (nSPS) is 11.0. The fourth-order valence-corrected chi connectivity index (χ4v) is 3.50. The Morgan fingerprint density at radius 1 is 1.12 bits per heavy atom. The molecule has 0 bridgehead atoms. The second-order valence-electron chi connectivity index (χ2n) is 7.50. The van der Waals surface area contributed by atoms with Crippen molar-refractivity contribution < 1.29 is 13.7 Å². The Kier molecular flexibility index (Phi) is 6.83. The first kappa shape index (κ1) is 22.9. The van der Waals surface area contributed by atoms with E-state index in [1.165, 1.54) is 23.8 Å². The van der Waals surface area contributed by atoms with Crippen LogP contribution >= 0.6 is 0 Å². The number of nitrogen functional groups attached to an aromatic ring is 1. The number of ether oxygens (including phenoxy) is 1. The molecule has 2 aromatic carbocycles. The third-order valence-corrected chi connectivity index (χ3v) is 5.16. The fraction of sp³-hybridized carbons (Fsp3) is 0.217. The van der Waals surface area contributed by atoms with Crippen molar-refractivity contribution in [1.82, 2.24) is 19.7 Å². The van der Waals surface area contributed by atoms with Crippen molar-refractivity contribution in [2.45, 2.75) is 19.6 Å². The van der Waals surface area contributed by atoms with Crippen LogP contribution in [0.5, 0.6) is 0 Å². The van der Waals surface area contributed by atoms with Gasteiger partial charge in [-0.2, -0.15) is 4.98 Å². The van der Waals surface area contributed by atoms with Crippen molar-refractivity contribution in [2.24, 2.45) is 0 Å². The summed E-state index contributed by atoms with van der Waals surface area (Å²) in [4.78, 5) is 33.5. The molecule has 10 nitrogen and oxygen atoms in total. The minimum absolute atomic E-state index is 0.00000415. The van der Waals surface area contributed by atoms with E-state index in [9.17, 15) is 14.0 Å². The number of hydrogen-bond donors (Lipinski definition) is 2. The third kappa shape index (κ3) is 5.04. The molecule has 0 radical (unpaired) electrons. The molecule has 0 atom stereocenters. The molecule has 11 heteroatoms. The highest BCUT2D eigenvalue weighted by atomic mass is 19.1. The first-order valence-corrected chi connectivity index (χ1v) is 10.4. The van der Waals surface area contributed by atoms with Gasteiger partial charge in [0.25, 0.3) is 5.56 Å². The molecule has 4 aromatic rings. The van der Waals surface area contributed by atoms with Crippen LogP contribution in [0.4, 0.5) is 15.9 Å². The number of methoxy groups -OCH3 is 1. The zero-order valence-corrected chi connectivity index (χ0v) is 18.4. The molecule has 0 amide bonds. The maximum absolute atomic E-state index is 13.2. The molecule has 0 unspecified atom stereocenters. The Morgan fingerprint density at radius 3 is 2.56 bits per heavy atom. The zero-order valence-electron chi connectivity index (χ0n) is 18.4. The van der Waals surface area contributed by atoms with Gasteiger partial charge in [0.1, 0.15) is 17.3 Å². The summed E-state index contributed by atoms with van der Waals surface area (Å²) in [6.07, 6.45) is 0. The lowest BCUT2D eigenvalue weighted by atomic mass is 10.2. The SMILES string of the molecule is COCCn1c(N)c(N(Cc2ccccc2)Cc2nc(-c3ccc(F)cc3)no2)c(=O)[nH]c1=O. The number of nitrogens with two attached hydrogens (primary N) is 1. The van der Waals surface area contributed by atoms with E-state index in [0.717, 1.165) is 5.56 Å². The fourth-order valence-electron chi connectivity index (χ4n) is 3.50. The second-order valence-corrected chi connectivity index (χ2v) is 7.50. The molecule has 0 aliphatic rings. The first-order chi connectivity index (χ1) is 16.5. The summed E-state index contributed by atoms with van der Waals surface area (Å²) in [5.41, 5.74) is 6.60. The molecule has 0 fully saturated rings. The van der Waals surface area contributed by atoms with E-state index in [4.69, 9.17) is 15.0 Å². The number of hydrogen-bond acceptors (Lipinski definition) is 8. The van der Waals surface area contributed by atoms with Gasteiger partial charge >= 0.3 is 5.69 Å². The van der Waals surface area contributed by atoms with Gasteiger partial charge in [-0.15, -0.1) is 0 Å². The number of anilines is 2. The highest BCUT2D eigenvalue weighted by molar-refractivity contribution is 5.62. The molecular formula is C23H23FN6O4. The van der Waals surface area contributed by atoms with E-state index < -0.39 is 11.2 Å². The number of aromatic amines is 1. The van der Waals surface area contributed by atoms with E-state index in [1.54, 1.807) is 17.0 Å². The molecule has 0 aliphatic carbocycles. The standard InChI is InChI=1S/C23H23FN6O4/c1-33-12-11-30-20(25)19(22(31)27-23(30)32)29(13-15-5-3-2-4-6-15)14-18-26-21(28-34-18)16-7-9-17(24)10-8-16/h2-10H,11-14,25H2,1H3,(H,27,31,32). The first-order valence-electron chi connectivity index (χ1n) is 10.4. The summed E-state index contributed by atoms with van der Waals surface area (Å²) in [6, 6.07) is 15.1. The summed E-state index contributed by atoms with van der Waals surface area (Å²) >= 11 is 0. The Balaban J connectivity index is 1.72. The van der Waals surface area contributed by atoms with Gasteiger partial charge in [-0.05, 0) is 29.8 Å². The molecule has 34 heavy (non-hydrogen) atoms. The quantitative estimate of drug-likeness (QED) is 0.384. The summed E-state index contributed by atoms with van der Waals surface area (Å²) in [7, 11) is 1.50. The molecule has 2 aromatic heterocycles. The number of nitrogens with zero attached hydrogens (tertiary/aromatic N) is 4. The number of nitrogens with one attached hydrogen (secondary N) is 1. The molecular weight excluding hydrogens is 443 g/mol. The van der Waals surface area contributed by atoms with Crippen LogP contribution in [0.25, 0.3) is 11.4 Å². The van der Waals surface area contributed by atoms with Crippen LogP contribution in [0.2, 0.25) is 0 Å². The van der Waals surface area contributed by atoms with Crippen molar-refractivity contribution in [3.8, 4) is 11.4 Å². The molecule has 2 heterocycles. The lowest BCUT2D eigenvalue weighted by Crippen LogP contribution is -2.38. The average molecular weight is 466 g/mol. The van der Waals surface area contributed by atoms with Gasteiger partial charge in [0.05, 0.1) is 19.7 Å². The molecule has 0 aliphatic heterocycles. The molecule has 3 N–H and O–H groups in total. The van der Waals surface area contributed by atoms with Gasteiger partial charge in [0.15, 0.2) is 0 Å². The predicted molar refractivity (Wildman–Crippen MR) is 124 cm³/mol. The molecule has 0 saturated heterocycles. The second kappa shape index (κ2) is 10.1. The predicted octanol–water partition coefficient (Wildman–Crippen LogP) is 2.16. The van der Waals surface area contributed by atoms with E-state index >= 15 is 0 Å². The summed E-state index contributed by atoms with van der Waals surface area (Å²) < 4.78 is 24.9. The van der Waals surface area contributed by atoms with Crippen LogP contribution in [0.3, 0.4) is 0 Å². The minimum atomic E-state index is -0.634. The Bertz CT molecular complexity index is 1360. The third-order valence-electron chi connectivity index (χ3n) is 5.16. The van der Waals surface area contributed by atoms with E-state index in [0.29, 0.717) is 5.56 Å². The Labute approximate surface area is 193 Å². The van der Waals surface area contributed by atoms with Crippen molar-refractivity contribution in [1.29, 1.82) is 0 Å². The summed E-state index contributed by atoms with van der Waals surface area (Å²) in [5.74, 6) is 0.116. The molecule has 0 saturated carbocycles. The van der Waals surface area contributed by atoms with Crippen LogP contribution in [0.15, 0.2) is 68.7 Å². The maximum atomic E-state index is 13.2. The smallest absolute Gasteiger partial charge is 0.330 e. The number of rotatable bonds is 9. The van der Waals surface area contributed by atoms with Crippen LogP contribution in [0.1, 0.15) is 11.5 Å². The van der Waals surface area contributed by atoms with Crippen molar-refractivity contribution in [2.75, 3.05) is 24.4 Å². The zero-order chi connectivity index (χ0) is 24.1. The maximum Gasteiger partial charge on any atom is 0.330 e. The summed E-state index contributed by atoms with van der Waals surface area (Å²) in [5, 5.41) is 3.96. The van der Waals surface area contributed by atoms with Gasteiger partial charge in [-0.1, -0.05) is 35.5 Å². The van der Waals surface area contributed by atoms with Gasteiger partial charge in [0, 0.05) is 19.2 Å². The van der Waals surface area contributed by atoms with E-state index in [1.807, 2.05) is 30.3 Å². The average Bonchev–Trinajstić information content (AvgIpc) is 3.28.